The minimum atomic E-state index is -4.34. The molecular weight excluding hydrogens is 309 g/mol. The number of anilines is 1. The monoisotopic (exact) mass is 328 g/mol. The van der Waals surface area contributed by atoms with Crippen LogP contribution >= 0.6 is 0 Å². The van der Waals surface area contributed by atoms with Crippen LogP contribution in [0.4, 0.5) is 18.9 Å². The van der Waals surface area contributed by atoms with Crippen LogP contribution < -0.4 is 5.32 Å². The molecule has 4 nitrogen and oxygen atoms in total. The topological polar surface area (TPSA) is 49.4 Å². The Kier molecular flexibility index (Phi) is 4.41. The molecular formula is C16H19F3N2O2. The second kappa shape index (κ2) is 5.86. The quantitative estimate of drug-likeness (QED) is 0.904. The third-order valence-electron chi connectivity index (χ3n) is 4.26. The van der Waals surface area contributed by atoms with Gasteiger partial charge in [0.15, 0.2) is 0 Å². The maximum Gasteiger partial charge on any atom is 0.394 e. The Hall–Kier alpha value is -2.05. The molecule has 1 aromatic carbocycles. The molecule has 1 aromatic rings. The number of likely N-dealkylation sites (tertiary alicyclic amines) is 1. The average Bonchev–Trinajstić information content (AvgIpc) is 2.72. The van der Waals surface area contributed by atoms with Gasteiger partial charge in [0, 0.05) is 30.3 Å². The number of hydrogen-bond acceptors (Lipinski definition) is 2. The smallest absolute Gasteiger partial charge is 0.333 e. The molecule has 0 aromatic heterocycles. The lowest BCUT2D eigenvalue weighted by Gasteiger charge is -2.36. The molecule has 2 amide bonds. The van der Waals surface area contributed by atoms with E-state index in [9.17, 15) is 22.8 Å². The first kappa shape index (κ1) is 17.3. The summed E-state index contributed by atoms with van der Waals surface area (Å²) in [5.74, 6) is -2.29. The number of nitrogens with one attached hydrogen (secondary N) is 1. The van der Waals surface area contributed by atoms with E-state index >= 15 is 0 Å². The van der Waals surface area contributed by atoms with Crippen LogP contribution in [0.5, 0.6) is 0 Å². The van der Waals surface area contributed by atoms with Gasteiger partial charge >= 0.3 is 6.18 Å². The van der Waals surface area contributed by atoms with Gasteiger partial charge in [0.25, 0.3) is 5.91 Å². The largest absolute Gasteiger partial charge is 0.394 e. The molecule has 1 aliphatic heterocycles. The van der Waals surface area contributed by atoms with Gasteiger partial charge in [-0.3, -0.25) is 9.59 Å². The second-order valence-corrected chi connectivity index (χ2v) is 6.26. The minimum absolute atomic E-state index is 0.0559. The van der Waals surface area contributed by atoms with E-state index in [1.165, 1.54) is 37.8 Å². The highest BCUT2D eigenvalue weighted by Gasteiger charge is 2.56. The fraction of sp³-hybridized carbons (Fsp3) is 0.500. The Labute approximate surface area is 132 Å². The molecule has 23 heavy (non-hydrogen) atoms. The summed E-state index contributed by atoms with van der Waals surface area (Å²) in [5.41, 5.74) is -0.612. The lowest BCUT2D eigenvalue weighted by atomic mass is 9.87. The van der Waals surface area contributed by atoms with Crippen LogP contribution in [0.25, 0.3) is 0 Å². The molecule has 7 heteroatoms. The Balaban J connectivity index is 2.26. The van der Waals surface area contributed by atoms with Gasteiger partial charge in [0.2, 0.25) is 5.91 Å². The fourth-order valence-electron chi connectivity index (χ4n) is 3.10. The van der Waals surface area contributed by atoms with Gasteiger partial charge in [0.1, 0.15) is 0 Å². The number of benzene rings is 1. The Bertz CT molecular complexity index is 626. The first-order valence-corrected chi connectivity index (χ1v) is 7.30. The standard InChI is InChI=1S/C16H19F3N2O2/c1-10(22)20-12-6-4-5-11(9-12)14(23)21-8-7-13(15(21,2)3)16(17,18)19/h4-6,9,13H,7-8H2,1-3H3,(H,20,22)/t13-/m1/s1. The van der Waals surface area contributed by atoms with Crippen LogP contribution in [0, 0.1) is 5.92 Å². The molecule has 1 atom stereocenters. The molecule has 0 saturated carbocycles. The Morgan fingerprint density at radius 3 is 2.48 bits per heavy atom. The first-order chi connectivity index (χ1) is 10.5. The molecule has 126 valence electrons. The molecule has 0 spiro atoms. The van der Waals surface area contributed by atoms with Gasteiger partial charge in [-0.2, -0.15) is 13.2 Å². The van der Waals surface area contributed by atoms with Crippen molar-refractivity contribution in [1.82, 2.24) is 4.90 Å². The lowest BCUT2D eigenvalue weighted by Crippen LogP contribution is -2.49. The molecule has 1 aliphatic rings. The van der Waals surface area contributed by atoms with Gasteiger partial charge in [0.05, 0.1) is 5.92 Å². The zero-order valence-corrected chi connectivity index (χ0v) is 13.2. The van der Waals surface area contributed by atoms with E-state index in [1.807, 2.05) is 0 Å². The second-order valence-electron chi connectivity index (χ2n) is 6.26. The molecule has 1 saturated heterocycles. The van der Waals surface area contributed by atoms with Crippen molar-refractivity contribution >= 4 is 17.5 Å². The van der Waals surface area contributed by atoms with Gasteiger partial charge in [-0.05, 0) is 38.5 Å². The summed E-state index contributed by atoms with van der Waals surface area (Å²) < 4.78 is 39.4. The van der Waals surface area contributed by atoms with Crippen LogP contribution in [-0.2, 0) is 4.79 Å². The lowest BCUT2D eigenvalue weighted by molar-refractivity contribution is -0.189. The molecule has 0 radical (unpaired) electrons. The van der Waals surface area contributed by atoms with E-state index in [4.69, 9.17) is 0 Å². The van der Waals surface area contributed by atoms with Crippen LogP contribution in [0.2, 0.25) is 0 Å². The number of rotatable bonds is 2. The molecule has 0 aliphatic carbocycles. The van der Waals surface area contributed by atoms with Gasteiger partial charge in [-0.25, -0.2) is 0 Å². The van der Waals surface area contributed by atoms with Crippen molar-refractivity contribution in [3.05, 3.63) is 29.8 Å². The van der Waals surface area contributed by atoms with Crippen LogP contribution in [0.1, 0.15) is 37.6 Å². The Morgan fingerprint density at radius 1 is 1.30 bits per heavy atom. The number of amides is 2. The Morgan fingerprint density at radius 2 is 1.96 bits per heavy atom. The van der Waals surface area contributed by atoms with Crippen molar-refractivity contribution in [2.45, 2.75) is 38.9 Å². The van der Waals surface area contributed by atoms with Crippen LogP contribution in [-0.4, -0.2) is 35.0 Å². The molecule has 1 N–H and O–H groups in total. The summed E-state index contributed by atoms with van der Waals surface area (Å²) in [6.45, 7) is 4.27. The number of hydrogen-bond donors (Lipinski definition) is 1. The summed E-state index contributed by atoms with van der Waals surface area (Å²) in [5, 5.41) is 2.55. The highest BCUT2D eigenvalue weighted by atomic mass is 19.4. The molecule has 1 heterocycles. The van der Waals surface area contributed by atoms with E-state index in [0.29, 0.717) is 5.69 Å². The summed E-state index contributed by atoms with van der Waals surface area (Å²) in [7, 11) is 0. The number of alkyl halides is 3. The molecule has 0 unspecified atom stereocenters. The summed E-state index contributed by atoms with van der Waals surface area (Å²) in [6, 6.07) is 6.21. The van der Waals surface area contributed by atoms with Crippen LogP contribution in [0.15, 0.2) is 24.3 Å². The molecule has 2 rings (SSSR count). The van der Waals surface area contributed by atoms with Crippen molar-refractivity contribution in [2.24, 2.45) is 5.92 Å². The predicted molar refractivity (Wildman–Crippen MR) is 80.0 cm³/mol. The van der Waals surface area contributed by atoms with Crippen LogP contribution in [0.3, 0.4) is 0 Å². The zero-order valence-electron chi connectivity index (χ0n) is 13.2. The van der Waals surface area contributed by atoms with E-state index in [1.54, 1.807) is 12.1 Å². The van der Waals surface area contributed by atoms with Crippen molar-refractivity contribution in [2.75, 3.05) is 11.9 Å². The van der Waals surface area contributed by atoms with Crippen molar-refractivity contribution < 1.29 is 22.8 Å². The number of carbonyl (C=O) groups excluding carboxylic acids is 2. The summed E-state index contributed by atoms with van der Waals surface area (Å²) >= 11 is 0. The normalized spacial score (nSPS) is 20.4. The van der Waals surface area contributed by atoms with Gasteiger partial charge < -0.3 is 10.2 Å². The average molecular weight is 328 g/mol. The van der Waals surface area contributed by atoms with Gasteiger partial charge in [-0.15, -0.1) is 0 Å². The number of carbonyl (C=O) groups is 2. The number of halogens is 3. The SMILES string of the molecule is CC(=O)Nc1cccc(C(=O)N2CC[C@@H](C(F)(F)F)C2(C)C)c1. The highest BCUT2D eigenvalue weighted by Crippen LogP contribution is 2.45. The fourth-order valence-corrected chi connectivity index (χ4v) is 3.10. The number of nitrogens with zero attached hydrogens (tertiary/aromatic N) is 1. The van der Waals surface area contributed by atoms with E-state index in [0.717, 1.165) is 0 Å². The maximum atomic E-state index is 13.1. The van der Waals surface area contributed by atoms with Gasteiger partial charge in [-0.1, -0.05) is 6.07 Å². The third kappa shape index (κ3) is 3.48. The zero-order chi connectivity index (χ0) is 17.4. The van der Waals surface area contributed by atoms with Crippen molar-refractivity contribution in [3.63, 3.8) is 0 Å². The summed E-state index contributed by atoms with van der Waals surface area (Å²) in [6.07, 6.45) is -4.44. The predicted octanol–water partition coefficient (Wildman–Crippen LogP) is 3.45. The summed E-state index contributed by atoms with van der Waals surface area (Å²) in [4.78, 5) is 25.0. The van der Waals surface area contributed by atoms with E-state index < -0.39 is 23.5 Å². The minimum Gasteiger partial charge on any atom is -0.333 e. The molecule has 0 bridgehead atoms. The van der Waals surface area contributed by atoms with E-state index in [-0.39, 0.29) is 24.4 Å². The third-order valence-corrected chi connectivity index (χ3v) is 4.26. The van der Waals surface area contributed by atoms with Crippen molar-refractivity contribution in [1.29, 1.82) is 0 Å². The highest BCUT2D eigenvalue weighted by molar-refractivity contribution is 5.97. The van der Waals surface area contributed by atoms with Crippen molar-refractivity contribution in [3.8, 4) is 0 Å². The molecule has 1 fully saturated rings. The van der Waals surface area contributed by atoms with E-state index in [2.05, 4.69) is 5.32 Å². The maximum absolute atomic E-state index is 13.1. The first-order valence-electron chi connectivity index (χ1n) is 7.30.